The lowest BCUT2D eigenvalue weighted by molar-refractivity contribution is -0.150. The molecular weight excluding hydrogens is 398 g/mol. The third kappa shape index (κ3) is 2.33. The van der Waals surface area contributed by atoms with Gasteiger partial charge in [0.25, 0.3) is 6.43 Å². The molecule has 0 spiro atoms. The Morgan fingerprint density at radius 1 is 1.39 bits per heavy atom. The maximum Gasteiger partial charge on any atom is 0.322 e. The normalized spacial score (nSPS) is 28.2. The summed E-state index contributed by atoms with van der Waals surface area (Å²) in [5, 5.41) is 10.7. The molecule has 0 radical (unpaired) electrons. The monoisotopic (exact) mass is 416 g/mol. The van der Waals surface area contributed by atoms with E-state index in [2.05, 4.69) is 0 Å². The molecule has 2 aliphatic heterocycles. The van der Waals surface area contributed by atoms with Crippen LogP contribution in [-0.4, -0.2) is 48.5 Å². The lowest BCUT2D eigenvalue weighted by Crippen LogP contribution is -2.46. The third-order valence-electron chi connectivity index (χ3n) is 4.99. The lowest BCUT2D eigenvalue weighted by atomic mass is 9.81. The number of hydrogen-bond donors (Lipinski definition) is 1. The van der Waals surface area contributed by atoms with Crippen LogP contribution >= 0.6 is 11.8 Å². The average Bonchev–Trinajstić information content (AvgIpc) is 3.22. The van der Waals surface area contributed by atoms with Gasteiger partial charge in [0.1, 0.15) is 16.6 Å². The molecule has 10 heteroatoms. The fourth-order valence-corrected chi connectivity index (χ4v) is 5.40. The Labute approximate surface area is 162 Å². The van der Waals surface area contributed by atoms with E-state index in [1.54, 1.807) is 13.0 Å². The Morgan fingerprint density at radius 3 is 2.71 bits per heavy atom. The van der Waals surface area contributed by atoms with Crippen molar-refractivity contribution in [1.29, 1.82) is 0 Å². The summed E-state index contributed by atoms with van der Waals surface area (Å²) in [6.07, 6.45) is -2.12. The molecule has 3 atom stereocenters. The molecule has 1 aromatic heterocycles. The van der Waals surface area contributed by atoms with Gasteiger partial charge in [0.05, 0.1) is 38.0 Å². The van der Waals surface area contributed by atoms with Gasteiger partial charge in [-0.2, -0.15) is 0 Å². The predicted molar refractivity (Wildman–Crippen MR) is 95.2 cm³/mol. The summed E-state index contributed by atoms with van der Waals surface area (Å²) in [6.45, 7) is 1.64. The van der Waals surface area contributed by atoms with Crippen LogP contribution in [0.4, 0.5) is 8.78 Å². The van der Waals surface area contributed by atoms with E-state index in [-0.39, 0.29) is 35.0 Å². The topological polar surface area (TPSA) is 87.4 Å². The number of alkyl halides is 2. The van der Waals surface area contributed by atoms with E-state index in [9.17, 15) is 18.7 Å². The van der Waals surface area contributed by atoms with Crippen molar-refractivity contribution in [2.24, 2.45) is 0 Å². The smallest absolute Gasteiger partial charge is 0.322 e. The number of halogens is 2. The molecule has 1 aromatic carbocycles. The fourth-order valence-electron chi connectivity index (χ4n) is 3.90. The summed E-state index contributed by atoms with van der Waals surface area (Å²) in [6, 6.07) is 1.59. The van der Waals surface area contributed by atoms with Gasteiger partial charge in [0.2, 0.25) is 10.7 Å². The number of aliphatic hydroxyl groups is 1. The predicted octanol–water partition coefficient (Wildman–Crippen LogP) is 3.06. The van der Waals surface area contributed by atoms with Gasteiger partial charge in [0.15, 0.2) is 11.3 Å². The maximum absolute atomic E-state index is 14.1. The lowest BCUT2D eigenvalue weighted by Gasteiger charge is -2.38. The SMILES string of the molecule is CCOC(=O)C1S[C@@]2(C(F)F)C[C@]1(O)c1c(c(OC)c3occc3c1OC)O2. The summed E-state index contributed by atoms with van der Waals surface area (Å²) >= 11 is 0.549. The molecule has 0 saturated carbocycles. The van der Waals surface area contributed by atoms with Gasteiger partial charge in [-0.05, 0) is 13.0 Å². The van der Waals surface area contributed by atoms with Crippen molar-refractivity contribution in [2.75, 3.05) is 20.8 Å². The van der Waals surface area contributed by atoms with Crippen molar-refractivity contribution >= 4 is 28.7 Å². The summed E-state index contributed by atoms with van der Waals surface area (Å²) < 4.78 is 55.1. The summed E-state index contributed by atoms with van der Waals surface area (Å²) in [4.78, 5) is 10.4. The van der Waals surface area contributed by atoms with E-state index in [1.165, 1.54) is 20.5 Å². The summed E-state index contributed by atoms with van der Waals surface area (Å²) in [7, 11) is 2.70. The van der Waals surface area contributed by atoms with Crippen molar-refractivity contribution in [3.63, 3.8) is 0 Å². The Morgan fingerprint density at radius 2 is 2.11 bits per heavy atom. The van der Waals surface area contributed by atoms with Crippen LogP contribution in [0.15, 0.2) is 16.7 Å². The van der Waals surface area contributed by atoms with Crippen LogP contribution < -0.4 is 14.2 Å². The number of furan rings is 1. The number of carbonyl (C=O) groups excluding carboxylic acids is 1. The second-order valence-corrected chi connectivity index (χ2v) is 7.90. The van der Waals surface area contributed by atoms with Gasteiger partial charge in [-0.1, -0.05) is 11.8 Å². The Balaban J connectivity index is 2.05. The minimum atomic E-state index is -2.99. The van der Waals surface area contributed by atoms with Crippen molar-refractivity contribution < 1.29 is 42.0 Å². The first-order valence-electron chi connectivity index (χ1n) is 8.52. The van der Waals surface area contributed by atoms with Gasteiger partial charge in [-0.25, -0.2) is 8.78 Å². The number of ether oxygens (including phenoxy) is 4. The Kier molecular flexibility index (Phi) is 4.38. The highest BCUT2D eigenvalue weighted by Gasteiger charge is 2.69. The van der Waals surface area contributed by atoms with Crippen molar-refractivity contribution in [3.05, 3.63) is 17.9 Å². The first-order valence-corrected chi connectivity index (χ1v) is 9.40. The molecule has 4 rings (SSSR count). The second-order valence-electron chi connectivity index (χ2n) is 6.50. The maximum atomic E-state index is 14.1. The fraction of sp³-hybridized carbons (Fsp3) is 0.500. The number of hydrogen-bond acceptors (Lipinski definition) is 8. The van der Waals surface area contributed by atoms with E-state index in [0.29, 0.717) is 17.1 Å². The van der Waals surface area contributed by atoms with Crippen molar-refractivity contribution in [3.8, 4) is 17.2 Å². The van der Waals surface area contributed by atoms with Gasteiger partial charge in [0, 0.05) is 6.42 Å². The molecule has 1 fully saturated rings. The zero-order chi connectivity index (χ0) is 20.3. The average molecular weight is 416 g/mol. The van der Waals surface area contributed by atoms with E-state index < -0.39 is 34.6 Å². The first-order chi connectivity index (χ1) is 13.3. The molecule has 152 valence electrons. The quantitative estimate of drug-likeness (QED) is 0.745. The number of carbonyl (C=O) groups is 1. The summed E-state index contributed by atoms with van der Waals surface area (Å²) in [5.74, 6) is -0.719. The number of fused-ring (bicyclic) bond motifs is 5. The van der Waals surface area contributed by atoms with E-state index in [4.69, 9.17) is 23.4 Å². The molecule has 1 saturated heterocycles. The minimum absolute atomic E-state index is 0.0442. The highest BCUT2D eigenvalue weighted by atomic mass is 32.2. The van der Waals surface area contributed by atoms with E-state index in [1.807, 2.05) is 0 Å². The molecule has 1 N–H and O–H groups in total. The minimum Gasteiger partial charge on any atom is -0.495 e. The molecule has 3 heterocycles. The van der Waals surface area contributed by atoms with Crippen LogP contribution in [0.3, 0.4) is 0 Å². The molecule has 7 nitrogen and oxygen atoms in total. The molecule has 2 bridgehead atoms. The zero-order valence-corrected chi connectivity index (χ0v) is 16.1. The van der Waals surface area contributed by atoms with Crippen molar-refractivity contribution in [1.82, 2.24) is 0 Å². The molecule has 0 aliphatic carbocycles. The van der Waals surface area contributed by atoms with Crippen LogP contribution in [0.1, 0.15) is 18.9 Å². The first kappa shape index (κ1) is 19.1. The molecule has 2 aromatic rings. The number of rotatable bonds is 5. The van der Waals surface area contributed by atoms with Gasteiger partial charge in [-0.15, -0.1) is 0 Å². The number of benzene rings is 1. The summed E-state index contributed by atoms with van der Waals surface area (Å²) in [5.41, 5.74) is -1.71. The number of esters is 1. The van der Waals surface area contributed by atoms with Crippen LogP contribution in [0.5, 0.6) is 17.2 Å². The Bertz CT molecular complexity index is 946. The van der Waals surface area contributed by atoms with Crippen LogP contribution in [-0.2, 0) is 15.1 Å². The van der Waals surface area contributed by atoms with E-state index in [0.717, 1.165) is 0 Å². The zero-order valence-electron chi connectivity index (χ0n) is 15.3. The van der Waals surface area contributed by atoms with Crippen molar-refractivity contribution in [2.45, 2.75) is 35.6 Å². The second kappa shape index (κ2) is 6.41. The highest BCUT2D eigenvalue weighted by Crippen LogP contribution is 2.66. The standard InChI is InChI=1S/C18H18F2O7S/c1-4-25-15(21)14-17(22)7-18(28-14,16(19)20)27-12-9(17)10(23-2)8-5-6-26-11(8)13(12)24-3/h5-6,14,16,22H,4,7H2,1-3H3/t14?,17-,18+/m0/s1. The number of methoxy groups -OCH3 is 2. The van der Waals surface area contributed by atoms with Gasteiger partial charge < -0.3 is 28.5 Å². The van der Waals surface area contributed by atoms with Gasteiger partial charge >= 0.3 is 5.97 Å². The highest BCUT2D eigenvalue weighted by molar-refractivity contribution is 8.02. The van der Waals surface area contributed by atoms with Crippen LogP contribution in [0.25, 0.3) is 11.0 Å². The Hall–Kier alpha value is -2.20. The largest absolute Gasteiger partial charge is 0.495 e. The van der Waals surface area contributed by atoms with Gasteiger partial charge in [-0.3, -0.25) is 4.79 Å². The van der Waals surface area contributed by atoms with Crippen LogP contribution in [0, 0.1) is 0 Å². The van der Waals surface area contributed by atoms with E-state index >= 15 is 0 Å². The number of thioether (sulfide) groups is 1. The molecule has 0 amide bonds. The molecule has 2 aliphatic rings. The molecule has 1 unspecified atom stereocenters. The molecular formula is C18H18F2O7S. The third-order valence-corrected chi connectivity index (χ3v) is 6.62. The van der Waals surface area contributed by atoms with Crippen LogP contribution in [0.2, 0.25) is 0 Å². The molecule has 28 heavy (non-hydrogen) atoms.